The van der Waals surface area contributed by atoms with Crippen molar-refractivity contribution < 1.29 is 14.9 Å². The smallest absolute Gasteiger partial charge is 0.159 e. The first-order valence-corrected chi connectivity index (χ1v) is 9.08. The van der Waals surface area contributed by atoms with Gasteiger partial charge in [0.2, 0.25) is 0 Å². The molecule has 1 aromatic rings. The number of aryl methyl sites for hydroxylation is 1. The predicted octanol–water partition coefficient (Wildman–Crippen LogP) is 4.06. The molecular weight excluding hydrogens is 314 g/mol. The molecule has 0 aliphatic carbocycles. The summed E-state index contributed by atoms with van der Waals surface area (Å²) in [5.41, 5.74) is 2.41. The summed E-state index contributed by atoms with van der Waals surface area (Å²) in [4.78, 5) is 4.58. The third-order valence-corrected chi connectivity index (χ3v) is 4.55. The zero-order valence-corrected chi connectivity index (χ0v) is 15.6. The molecule has 1 aromatic carbocycles. The van der Waals surface area contributed by atoms with Gasteiger partial charge in [-0.15, -0.1) is 6.58 Å². The van der Waals surface area contributed by atoms with E-state index in [2.05, 4.69) is 38.4 Å². The molecule has 4 heteroatoms. The highest BCUT2D eigenvalue weighted by Crippen LogP contribution is 2.30. The number of fused-ring (bicyclic) bond motifs is 1. The number of rotatable bonds is 7. The Hall–Kier alpha value is -1.65. The quantitative estimate of drug-likeness (QED) is 0.445. The van der Waals surface area contributed by atoms with Crippen LogP contribution >= 0.6 is 0 Å². The second-order valence-electron chi connectivity index (χ2n) is 7.97. The van der Waals surface area contributed by atoms with Crippen LogP contribution in [0.1, 0.15) is 57.2 Å². The monoisotopic (exact) mass is 345 g/mol. The molecule has 2 rings (SSSR count). The molecular formula is C21H31NO3. The van der Waals surface area contributed by atoms with Crippen LogP contribution in [0.4, 0.5) is 0 Å². The van der Waals surface area contributed by atoms with Gasteiger partial charge in [-0.3, -0.25) is 4.99 Å². The van der Waals surface area contributed by atoms with Crippen LogP contribution in [0.3, 0.4) is 0 Å². The van der Waals surface area contributed by atoms with Crippen molar-refractivity contribution in [3.8, 4) is 5.75 Å². The summed E-state index contributed by atoms with van der Waals surface area (Å²) in [6, 6.07) is 5.93. The molecule has 1 aliphatic heterocycles. The molecule has 1 heterocycles. The second kappa shape index (κ2) is 8.63. The van der Waals surface area contributed by atoms with E-state index in [0.717, 1.165) is 37.2 Å². The van der Waals surface area contributed by atoms with E-state index in [1.807, 2.05) is 12.1 Å². The van der Waals surface area contributed by atoms with Crippen molar-refractivity contribution in [2.45, 2.75) is 58.8 Å². The minimum Gasteiger partial charge on any atom is -0.493 e. The number of nitrogens with zero attached hydrogens (tertiary/aromatic N) is 1. The summed E-state index contributed by atoms with van der Waals surface area (Å²) in [5.74, 6) is 0.582. The molecule has 0 radical (unpaired) electrons. The van der Waals surface area contributed by atoms with Crippen molar-refractivity contribution in [2.75, 3.05) is 6.61 Å². The van der Waals surface area contributed by atoms with E-state index in [0.29, 0.717) is 6.42 Å². The van der Waals surface area contributed by atoms with Crippen molar-refractivity contribution in [3.63, 3.8) is 0 Å². The first kappa shape index (κ1) is 19.7. The Labute approximate surface area is 151 Å². The number of hydrogen-bond acceptors (Lipinski definition) is 4. The van der Waals surface area contributed by atoms with E-state index >= 15 is 0 Å². The van der Waals surface area contributed by atoms with Crippen LogP contribution in [0.5, 0.6) is 5.75 Å². The molecule has 0 aromatic heterocycles. The highest BCUT2D eigenvalue weighted by Gasteiger charge is 2.20. The Morgan fingerprint density at radius 2 is 2.08 bits per heavy atom. The zero-order valence-electron chi connectivity index (χ0n) is 15.6. The summed E-state index contributed by atoms with van der Waals surface area (Å²) in [6.45, 7) is 11.1. The maximum Gasteiger partial charge on any atom is 0.159 e. The van der Waals surface area contributed by atoms with E-state index in [9.17, 15) is 10.2 Å². The van der Waals surface area contributed by atoms with Crippen molar-refractivity contribution in [1.29, 1.82) is 0 Å². The van der Waals surface area contributed by atoms with Gasteiger partial charge >= 0.3 is 0 Å². The molecule has 2 N–H and O–H groups in total. The van der Waals surface area contributed by atoms with Crippen LogP contribution in [0.15, 0.2) is 35.8 Å². The standard InChI is InChI=1S/C21H31NO3/c1-5-18(15-8-9-19-16(13-15)7-6-12-25-19)22-14-17(20(23)24)10-11-21(2,3)4/h5,8-9,13-14,17-18,20,23-24H,1,6-7,10-12H2,2-4H3/t17?,18-/m1/s1. The lowest BCUT2D eigenvalue weighted by Crippen LogP contribution is -2.23. The van der Waals surface area contributed by atoms with E-state index in [1.54, 1.807) is 12.3 Å². The van der Waals surface area contributed by atoms with Gasteiger partial charge in [0.05, 0.1) is 12.6 Å². The molecule has 0 saturated carbocycles. The van der Waals surface area contributed by atoms with Gasteiger partial charge in [-0.05, 0) is 54.4 Å². The molecule has 0 fully saturated rings. The number of benzene rings is 1. The van der Waals surface area contributed by atoms with Crippen LogP contribution in [0, 0.1) is 11.3 Å². The topological polar surface area (TPSA) is 62.1 Å². The van der Waals surface area contributed by atoms with Gasteiger partial charge in [0.1, 0.15) is 5.75 Å². The van der Waals surface area contributed by atoms with Crippen molar-refractivity contribution in [3.05, 3.63) is 42.0 Å². The number of ether oxygens (including phenoxy) is 1. The zero-order chi connectivity index (χ0) is 18.4. The normalized spacial score (nSPS) is 17.2. The largest absolute Gasteiger partial charge is 0.493 e. The maximum absolute atomic E-state index is 9.65. The fourth-order valence-corrected chi connectivity index (χ4v) is 2.95. The van der Waals surface area contributed by atoms with Crippen LogP contribution < -0.4 is 4.74 Å². The minimum atomic E-state index is -1.39. The van der Waals surface area contributed by atoms with Crippen molar-refractivity contribution >= 4 is 6.21 Å². The molecule has 0 saturated heterocycles. The lowest BCUT2D eigenvalue weighted by Gasteiger charge is -2.22. The van der Waals surface area contributed by atoms with Crippen molar-refractivity contribution in [1.82, 2.24) is 0 Å². The van der Waals surface area contributed by atoms with E-state index in [1.165, 1.54) is 5.56 Å². The van der Waals surface area contributed by atoms with Gasteiger partial charge < -0.3 is 14.9 Å². The Morgan fingerprint density at radius 3 is 2.72 bits per heavy atom. The molecule has 138 valence electrons. The molecule has 25 heavy (non-hydrogen) atoms. The first-order valence-electron chi connectivity index (χ1n) is 9.08. The summed E-state index contributed by atoms with van der Waals surface area (Å²) in [6.07, 6.45) is 5.70. The Balaban J connectivity index is 2.11. The Bertz CT molecular complexity index is 602. The van der Waals surface area contributed by atoms with Gasteiger partial charge in [-0.25, -0.2) is 0 Å². The van der Waals surface area contributed by atoms with Gasteiger partial charge in [0, 0.05) is 12.1 Å². The third kappa shape index (κ3) is 5.98. The first-order chi connectivity index (χ1) is 11.8. The summed E-state index contributed by atoms with van der Waals surface area (Å²) in [7, 11) is 0. The molecule has 1 unspecified atom stereocenters. The highest BCUT2D eigenvalue weighted by atomic mass is 16.5. The van der Waals surface area contributed by atoms with Gasteiger partial charge in [0.25, 0.3) is 0 Å². The maximum atomic E-state index is 9.65. The number of aliphatic hydroxyl groups is 2. The SMILES string of the molecule is C=C[C@@H](N=CC(CCC(C)(C)C)C(O)O)c1ccc2c(c1)CCCO2. The fraction of sp³-hybridized carbons (Fsp3) is 0.571. The van der Waals surface area contributed by atoms with Crippen LogP contribution in [-0.4, -0.2) is 29.3 Å². The van der Waals surface area contributed by atoms with Crippen LogP contribution in [-0.2, 0) is 6.42 Å². The van der Waals surface area contributed by atoms with Gasteiger partial charge in [-0.2, -0.15) is 0 Å². The third-order valence-electron chi connectivity index (χ3n) is 4.55. The Morgan fingerprint density at radius 1 is 1.32 bits per heavy atom. The molecule has 0 spiro atoms. The van der Waals surface area contributed by atoms with Crippen molar-refractivity contribution in [2.24, 2.45) is 16.3 Å². The highest BCUT2D eigenvalue weighted by molar-refractivity contribution is 5.62. The van der Waals surface area contributed by atoms with E-state index in [4.69, 9.17) is 4.74 Å². The van der Waals surface area contributed by atoms with Gasteiger partial charge in [-0.1, -0.05) is 32.9 Å². The molecule has 4 nitrogen and oxygen atoms in total. The Kier molecular flexibility index (Phi) is 6.79. The van der Waals surface area contributed by atoms with Crippen LogP contribution in [0.2, 0.25) is 0 Å². The number of aliphatic hydroxyl groups excluding tert-OH is 1. The van der Waals surface area contributed by atoms with E-state index < -0.39 is 6.29 Å². The van der Waals surface area contributed by atoms with E-state index in [-0.39, 0.29) is 17.4 Å². The average molecular weight is 345 g/mol. The van der Waals surface area contributed by atoms with Crippen LogP contribution in [0.25, 0.3) is 0 Å². The lowest BCUT2D eigenvalue weighted by atomic mass is 9.87. The summed E-state index contributed by atoms with van der Waals surface area (Å²) < 4.78 is 5.65. The minimum absolute atomic E-state index is 0.150. The summed E-state index contributed by atoms with van der Waals surface area (Å²) in [5, 5.41) is 19.3. The molecule has 0 amide bonds. The lowest BCUT2D eigenvalue weighted by molar-refractivity contribution is -0.0666. The summed E-state index contributed by atoms with van der Waals surface area (Å²) >= 11 is 0. The number of aliphatic imine (C=N–C) groups is 1. The predicted molar refractivity (Wildman–Crippen MR) is 102 cm³/mol. The second-order valence-corrected chi connectivity index (χ2v) is 7.97. The number of hydrogen-bond donors (Lipinski definition) is 2. The van der Waals surface area contributed by atoms with Gasteiger partial charge in [0.15, 0.2) is 6.29 Å². The average Bonchev–Trinajstić information content (AvgIpc) is 2.56. The fourth-order valence-electron chi connectivity index (χ4n) is 2.95. The molecule has 2 atom stereocenters. The molecule has 0 bridgehead atoms. The molecule has 1 aliphatic rings.